The fourth-order valence-corrected chi connectivity index (χ4v) is 2.98. The SMILES string of the molecule is CCCCCCC(O)CCCCCCCCCCC(=O)OCCCO. The zero-order valence-corrected chi connectivity index (χ0v) is 16.5. The molecule has 0 fully saturated rings. The molecule has 0 amide bonds. The molecule has 0 aliphatic carbocycles. The van der Waals surface area contributed by atoms with Crippen molar-refractivity contribution in [2.24, 2.45) is 0 Å². The second-order valence-corrected chi connectivity index (χ2v) is 7.17. The molecule has 0 rings (SSSR count). The minimum absolute atomic E-state index is 0.0746. The van der Waals surface area contributed by atoms with Gasteiger partial charge in [-0.3, -0.25) is 4.79 Å². The lowest BCUT2D eigenvalue weighted by molar-refractivity contribution is -0.144. The normalized spacial score (nSPS) is 12.3. The van der Waals surface area contributed by atoms with E-state index < -0.39 is 0 Å². The van der Waals surface area contributed by atoms with E-state index in [9.17, 15) is 9.90 Å². The lowest BCUT2D eigenvalue weighted by atomic mass is 10.0. The van der Waals surface area contributed by atoms with E-state index in [1.165, 1.54) is 57.8 Å². The Balaban J connectivity index is 3.19. The van der Waals surface area contributed by atoms with E-state index in [1.54, 1.807) is 0 Å². The van der Waals surface area contributed by atoms with Crippen LogP contribution in [0.3, 0.4) is 0 Å². The monoisotopic (exact) mass is 358 g/mol. The summed E-state index contributed by atoms with van der Waals surface area (Å²) in [5.74, 6) is -0.137. The molecule has 4 heteroatoms. The van der Waals surface area contributed by atoms with Crippen molar-refractivity contribution >= 4 is 5.97 Å². The molecule has 0 aliphatic rings. The number of hydrogen-bond acceptors (Lipinski definition) is 4. The first-order valence-corrected chi connectivity index (χ1v) is 10.6. The zero-order chi connectivity index (χ0) is 18.6. The van der Waals surface area contributed by atoms with Crippen molar-refractivity contribution in [3.8, 4) is 0 Å². The highest BCUT2D eigenvalue weighted by Crippen LogP contribution is 2.14. The van der Waals surface area contributed by atoms with Crippen molar-refractivity contribution in [2.75, 3.05) is 13.2 Å². The molecule has 0 spiro atoms. The zero-order valence-electron chi connectivity index (χ0n) is 16.5. The van der Waals surface area contributed by atoms with Crippen LogP contribution in [0.25, 0.3) is 0 Å². The molecule has 2 N–H and O–H groups in total. The number of carbonyl (C=O) groups excluding carboxylic acids is 1. The maximum atomic E-state index is 11.4. The highest BCUT2D eigenvalue weighted by molar-refractivity contribution is 5.69. The number of rotatable bonds is 19. The van der Waals surface area contributed by atoms with Gasteiger partial charge in [0.05, 0.1) is 12.7 Å². The number of unbranched alkanes of at least 4 members (excludes halogenated alkanes) is 10. The van der Waals surface area contributed by atoms with Crippen LogP contribution in [-0.2, 0) is 9.53 Å². The second kappa shape index (κ2) is 19.7. The Hall–Kier alpha value is -0.610. The first kappa shape index (κ1) is 24.4. The third kappa shape index (κ3) is 19.6. The molecule has 0 aliphatic heterocycles. The Morgan fingerprint density at radius 2 is 1.32 bits per heavy atom. The Kier molecular flexibility index (Phi) is 19.2. The van der Waals surface area contributed by atoms with Gasteiger partial charge in [-0.25, -0.2) is 0 Å². The molecule has 0 heterocycles. The average molecular weight is 359 g/mol. The third-order valence-electron chi connectivity index (χ3n) is 4.62. The van der Waals surface area contributed by atoms with Gasteiger partial charge in [-0.05, 0) is 19.3 Å². The van der Waals surface area contributed by atoms with Gasteiger partial charge in [-0.15, -0.1) is 0 Å². The summed E-state index contributed by atoms with van der Waals surface area (Å²) in [5, 5.41) is 18.5. The lowest BCUT2D eigenvalue weighted by Gasteiger charge is -2.10. The minimum atomic E-state index is -0.137. The van der Waals surface area contributed by atoms with Gasteiger partial charge in [0.15, 0.2) is 0 Å². The summed E-state index contributed by atoms with van der Waals surface area (Å²) in [6, 6.07) is 0. The van der Waals surface area contributed by atoms with Crippen molar-refractivity contribution in [1.29, 1.82) is 0 Å². The fourth-order valence-electron chi connectivity index (χ4n) is 2.98. The van der Waals surface area contributed by atoms with Crippen molar-refractivity contribution < 1.29 is 19.7 Å². The van der Waals surface area contributed by atoms with Gasteiger partial charge in [0.2, 0.25) is 0 Å². The highest BCUT2D eigenvalue weighted by atomic mass is 16.5. The number of esters is 1. The molecular weight excluding hydrogens is 316 g/mol. The number of aliphatic hydroxyl groups excluding tert-OH is 2. The maximum absolute atomic E-state index is 11.4. The standard InChI is InChI=1S/C21H42O4/c1-2-3-4-11-15-20(23)16-12-9-7-5-6-8-10-13-17-21(24)25-19-14-18-22/h20,22-23H,2-19H2,1H3. The minimum Gasteiger partial charge on any atom is -0.466 e. The molecule has 0 aromatic heterocycles. The molecule has 1 atom stereocenters. The van der Waals surface area contributed by atoms with Gasteiger partial charge in [0, 0.05) is 19.4 Å². The summed E-state index contributed by atoms with van der Waals surface area (Å²) in [6.45, 7) is 2.62. The lowest BCUT2D eigenvalue weighted by Crippen LogP contribution is -2.06. The van der Waals surface area contributed by atoms with Crippen LogP contribution in [0.5, 0.6) is 0 Å². The second-order valence-electron chi connectivity index (χ2n) is 7.17. The van der Waals surface area contributed by atoms with E-state index in [1.807, 2.05) is 0 Å². The average Bonchev–Trinajstić information content (AvgIpc) is 2.60. The third-order valence-corrected chi connectivity index (χ3v) is 4.62. The number of hydrogen-bond donors (Lipinski definition) is 2. The molecule has 0 bridgehead atoms. The van der Waals surface area contributed by atoms with E-state index in [2.05, 4.69) is 6.92 Å². The predicted octanol–water partition coefficient (Wildman–Crippen LogP) is 5.14. The molecule has 0 aromatic carbocycles. The summed E-state index contributed by atoms with van der Waals surface area (Å²) in [6.07, 6.45) is 17.2. The van der Waals surface area contributed by atoms with Crippen LogP contribution in [0.15, 0.2) is 0 Å². The molecule has 0 aromatic rings. The van der Waals surface area contributed by atoms with Crippen LogP contribution < -0.4 is 0 Å². The number of aliphatic hydroxyl groups is 2. The maximum Gasteiger partial charge on any atom is 0.305 e. The largest absolute Gasteiger partial charge is 0.466 e. The Morgan fingerprint density at radius 3 is 1.88 bits per heavy atom. The number of ether oxygens (including phenoxy) is 1. The Morgan fingerprint density at radius 1 is 0.800 bits per heavy atom. The Labute approximate surface area is 155 Å². The van der Waals surface area contributed by atoms with E-state index in [0.29, 0.717) is 19.4 Å². The smallest absolute Gasteiger partial charge is 0.305 e. The van der Waals surface area contributed by atoms with Crippen molar-refractivity contribution in [3.05, 3.63) is 0 Å². The van der Waals surface area contributed by atoms with Crippen molar-refractivity contribution in [1.82, 2.24) is 0 Å². The quantitative estimate of drug-likeness (QED) is 0.248. The van der Waals surface area contributed by atoms with Crippen molar-refractivity contribution in [2.45, 2.75) is 116 Å². The van der Waals surface area contributed by atoms with E-state index in [-0.39, 0.29) is 18.7 Å². The van der Waals surface area contributed by atoms with Gasteiger partial charge >= 0.3 is 5.97 Å². The van der Waals surface area contributed by atoms with E-state index >= 15 is 0 Å². The van der Waals surface area contributed by atoms with Gasteiger partial charge in [0.25, 0.3) is 0 Å². The molecule has 0 saturated heterocycles. The van der Waals surface area contributed by atoms with Crippen LogP contribution in [0.2, 0.25) is 0 Å². The Bertz CT molecular complexity index is 281. The van der Waals surface area contributed by atoms with Crippen LogP contribution >= 0.6 is 0 Å². The highest BCUT2D eigenvalue weighted by Gasteiger charge is 2.04. The first-order valence-electron chi connectivity index (χ1n) is 10.6. The summed E-state index contributed by atoms with van der Waals surface area (Å²) in [7, 11) is 0. The van der Waals surface area contributed by atoms with Gasteiger partial charge in [0.1, 0.15) is 0 Å². The molecular formula is C21H42O4. The topological polar surface area (TPSA) is 66.8 Å². The molecule has 25 heavy (non-hydrogen) atoms. The summed E-state index contributed by atoms with van der Waals surface area (Å²) in [5.41, 5.74) is 0. The summed E-state index contributed by atoms with van der Waals surface area (Å²) >= 11 is 0. The van der Waals surface area contributed by atoms with Gasteiger partial charge < -0.3 is 14.9 Å². The van der Waals surface area contributed by atoms with Gasteiger partial charge in [-0.2, -0.15) is 0 Å². The molecule has 1 unspecified atom stereocenters. The fraction of sp³-hybridized carbons (Fsp3) is 0.952. The molecule has 4 nitrogen and oxygen atoms in total. The van der Waals surface area contributed by atoms with Gasteiger partial charge in [-0.1, -0.05) is 77.6 Å². The van der Waals surface area contributed by atoms with Crippen molar-refractivity contribution in [3.63, 3.8) is 0 Å². The van der Waals surface area contributed by atoms with Crippen LogP contribution in [0.4, 0.5) is 0 Å². The number of carbonyl (C=O) groups is 1. The molecule has 0 saturated carbocycles. The molecule has 150 valence electrons. The van der Waals surface area contributed by atoms with Crippen LogP contribution in [-0.4, -0.2) is 35.5 Å². The van der Waals surface area contributed by atoms with Crippen LogP contribution in [0, 0.1) is 0 Å². The van der Waals surface area contributed by atoms with E-state index in [0.717, 1.165) is 32.1 Å². The van der Waals surface area contributed by atoms with Crippen LogP contribution in [0.1, 0.15) is 110 Å². The first-order chi connectivity index (χ1) is 12.2. The van der Waals surface area contributed by atoms with E-state index in [4.69, 9.17) is 9.84 Å². The molecule has 0 radical (unpaired) electrons. The summed E-state index contributed by atoms with van der Waals surface area (Å²) < 4.78 is 4.99. The summed E-state index contributed by atoms with van der Waals surface area (Å²) in [4.78, 5) is 11.4. The predicted molar refractivity (Wildman–Crippen MR) is 104 cm³/mol.